The molecule has 2 aliphatic heterocycles. The fraction of sp³-hybridized carbons (Fsp3) is 0.883. The average Bonchev–Trinajstić information content (AvgIpc) is 1.20. The van der Waals surface area contributed by atoms with E-state index in [4.69, 9.17) is 56.8 Å². The highest BCUT2D eigenvalue weighted by molar-refractivity contribution is 5.87. The quantitative estimate of drug-likeness (QED) is 0.0307. The minimum absolute atomic E-state index is 0.0766. The lowest BCUT2D eigenvalue weighted by molar-refractivity contribution is -0.265. The van der Waals surface area contributed by atoms with E-state index in [1.165, 1.54) is 70.6 Å². The number of carbonyl (C=O) groups is 12. The zero-order valence-corrected chi connectivity index (χ0v) is 95.3. The van der Waals surface area contributed by atoms with E-state index in [9.17, 15) is 88.5 Å². The number of aliphatic hydroxyl groups is 4. The minimum Gasteiger partial charge on any atom is -0.458 e. The highest BCUT2D eigenvalue weighted by atomic mass is 16.6. The van der Waals surface area contributed by atoms with Crippen molar-refractivity contribution < 1.29 is 135 Å². The summed E-state index contributed by atoms with van der Waals surface area (Å²) in [5.41, 5.74) is -11.5. The van der Waals surface area contributed by atoms with Crippen molar-refractivity contribution in [2.75, 3.05) is 19.8 Å². The molecule has 30 heteroatoms. The Kier molecular flexibility index (Phi) is 33.6. The first kappa shape index (κ1) is 118. The molecule has 0 spiro atoms. The summed E-state index contributed by atoms with van der Waals surface area (Å²) in [6.07, 6.45) is 32.2. The number of rotatable bonds is 29. The van der Waals surface area contributed by atoms with Crippen LogP contribution in [-0.2, 0) is 114 Å². The Morgan fingerprint density at radius 2 is 0.713 bits per heavy atom. The van der Waals surface area contributed by atoms with Crippen molar-refractivity contribution in [2.45, 2.75) is 498 Å². The Bertz CT molecular complexity index is 4870. The molecule has 23 aliphatic rings. The van der Waals surface area contributed by atoms with E-state index in [-0.39, 0.29) is 126 Å². The molecule has 0 aromatic heterocycles. The molecule has 21 atom stereocenters. The molecular formula is C120H184N2O28. The van der Waals surface area contributed by atoms with E-state index in [1.807, 2.05) is 152 Å². The lowest BCUT2D eigenvalue weighted by atomic mass is 9.50. The smallest absolute Gasteiger partial charge is 0.344 e. The van der Waals surface area contributed by atoms with Gasteiger partial charge in [0.2, 0.25) is 0 Å². The average molecular weight is 2100 g/mol. The lowest BCUT2D eigenvalue weighted by Gasteiger charge is -2.62. The summed E-state index contributed by atoms with van der Waals surface area (Å²) in [4.78, 5) is 146. The molecule has 2 saturated heterocycles. The van der Waals surface area contributed by atoms with Crippen LogP contribution in [0.25, 0.3) is 0 Å². The van der Waals surface area contributed by atoms with E-state index in [1.54, 1.807) is 0 Å². The Balaban J connectivity index is 0.000000138. The van der Waals surface area contributed by atoms with Crippen molar-refractivity contribution in [1.29, 1.82) is 10.5 Å². The Morgan fingerprint density at radius 1 is 0.367 bits per heavy atom. The molecule has 23 rings (SSSR count). The second-order valence-electron chi connectivity index (χ2n) is 56.3. The van der Waals surface area contributed by atoms with Crippen molar-refractivity contribution in [3.63, 3.8) is 0 Å². The third-order valence-corrected chi connectivity index (χ3v) is 42.4. The second-order valence-corrected chi connectivity index (χ2v) is 56.3. The van der Waals surface area contributed by atoms with Gasteiger partial charge in [-0.25, -0.2) is 14.4 Å². The first-order valence-electron chi connectivity index (χ1n) is 57.8. The van der Waals surface area contributed by atoms with Crippen LogP contribution in [0.15, 0.2) is 0 Å². The number of nitrogens with zero attached hydrogens (tertiary/aromatic N) is 2. The summed E-state index contributed by atoms with van der Waals surface area (Å²) in [5.74, 6) is 4.99. The van der Waals surface area contributed by atoms with Crippen LogP contribution >= 0.6 is 0 Å². The van der Waals surface area contributed by atoms with Gasteiger partial charge in [0.25, 0.3) is 0 Å². The first-order valence-corrected chi connectivity index (χ1v) is 57.8. The molecule has 150 heavy (non-hydrogen) atoms. The maximum absolute atomic E-state index is 12.4. The molecule has 21 saturated carbocycles. The number of carbonyl (C=O) groups excluding carboxylic acids is 12. The number of hydrogen-bond donors (Lipinski definition) is 4. The first-order chi connectivity index (χ1) is 69.6. The van der Waals surface area contributed by atoms with Gasteiger partial charge in [0.1, 0.15) is 52.4 Å². The van der Waals surface area contributed by atoms with Gasteiger partial charge in [0, 0.05) is 68.1 Å². The topological polar surface area (TPSA) is 444 Å². The maximum atomic E-state index is 12.4. The van der Waals surface area contributed by atoms with Crippen molar-refractivity contribution in [3.05, 3.63) is 0 Å². The highest BCUT2D eigenvalue weighted by Crippen LogP contribution is 2.72. The number of hydrogen-bond acceptors (Lipinski definition) is 30. The fourth-order valence-corrected chi connectivity index (χ4v) is 31.8. The van der Waals surface area contributed by atoms with E-state index >= 15 is 0 Å². The monoisotopic (exact) mass is 2100 g/mol. The fourth-order valence-electron chi connectivity index (χ4n) is 31.8. The summed E-state index contributed by atoms with van der Waals surface area (Å²) >= 11 is 0. The molecular weight excluding hydrogens is 1920 g/mol. The van der Waals surface area contributed by atoms with Gasteiger partial charge < -0.3 is 77.3 Å². The Hall–Kier alpha value is -7.54. The minimum atomic E-state index is -0.974. The highest BCUT2D eigenvalue weighted by Gasteiger charge is 2.76. The summed E-state index contributed by atoms with van der Waals surface area (Å²) < 4.78 is 66.6. The SMILES string of the molecule is CCC(C)(C)C(=O)OC12CC3CC(O)(CC(O)(C3)C1)C2.CCC(C)(C)C(=O)OC12CC3CC(O)(CC(O)(C3)C1)C2.CCC(C)(C)C(=O)OC1C2CC3C1OC(=O)C3(C#N)C2.CCC(C)(C)C(=O)OC1C2CC3C1OC(=O)C3(C#N)C2.CCC(C)(C)C(=O)OCC(=O)OC(C)(C)C1CC2CC1C1C3CCC(C3)C21.CCC(C)(C)C(=O)OCC(=O)OC1(C)C2CC3CC(C2)CC1C3.CCC1(OC(=O)COC(=O)C(C)(C)CC)CCCCC1. The van der Waals surface area contributed by atoms with Crippen molar-refractivity contribution in [2.24, 2.45) is 149 Å². The zero-order valence-electron chi connectivity index (χ0n) is 95.3. The molecule has 20 bridgehead atoms. The van der Waals surface area contributed by atoms with Crippen LogP contribution in [0.3, 0.4) is 0 Å². The predicted molar refractivity (Wildman–Crippen MR) is 551 cm³/mol. The van der Waals surface area contributed by atoms with Crippen LogP contribution in [0.2, 0.25) is 0 Å². The van der Waals surface area contributed by atoms with Crippen LogP contribution in [0.1, 0.15) is 424 Å². The molecule has 2 heterocycles. The van der Waals surface area contributed by atoms with E-state index in [0.717, 1.165) is 144 Å². The molecule has 21 unspecified atom stereocenters. The van der Waals surface area contributed by atoms with E-state index in [2.05, 4.69) is 32.9 Å². The van der Waals surface area contributed by atoms with Gasteiger partial charge in [0.15, 0.2) is 30.7 Å². The normalized spacial score (nSPS) is 38.9. The van der Waals surface area contributed by atoms with Gasteiger partial charge in [-0.2, -0.15) is 10.5 Å². The van der Waals surface area contributed by atoms with Crippen molar-refractivity contribution in [3.8, 4) is 12.1 Å². The summed E-state index contributed by atoms with van der Waals surface area (Å²) in [7, 11) is 0. The zero-order chi connectivity index (χ0) is 111. The summed E-state index contributed by atoms with van der Waals surface area (Å²) in [6, 6.07) is 4.30. The molecule has 23 fully saturated rings. The van der Waals surface area contributed by atoms with Gasteiger partial charge in [-0.3, -0.25) is 43.2 Å². The number of esters is 12. The van der Waals surface area contributed by atoms with Crippen LogP contribution in [0.4, 0.5) is 0 Å². The van der Waals surface area contributed by atoms with E-state index in [0.29, 0.717) is 101 Å². The van der Waals surface area contributed by atoms with Gasteiger partial charge in [0.05, 0.1) is 72.4 Å². The van der Waals surface area contributed by atoms with Gasteiger partial charge in [-0.05, 0) is 394 Å². The van der Waals surface area contributed by atoms with Gasteiger partial charge in [-0.1, -0.05) is 61.8 Å². The standard InChI is InChI=1S/C23H36O4.C19H30O4.2C16H26O4.C16H28O4.2C15H19NO4/c1-6-22(2,3)21(25)26-12-18(24)27-23(4,5)17-11-15-10-16(17)20-14-8-7-13(9-14)19(15)20;1-5-18(2,3)17(21)22-11-16(20)23-19(4)14-7-12-6-13(9-14)10-15(19)8-12;2*1-4-13(2,3)12(17)20-16-7-11-5-14(18,9-16)8-15(19,6-11)10-16;1-5-15(3,4)14(18)19-12-13(17)20-16(6-2)10-8-7-9-11-16;2*1-4-14(2,3)12(17)19-10-8-5-9-11(10)20-13(18)15(9,6-8)7-16/h13-17,19-20H,6-12H2,1-5H3;12-15H,5-11H2,1-4H3;2*11,18-19H,4-10H2,1-3H3;5-12H2,1-4H3;2*8-11H,4-6H2,1-3H3. The Morgan fingerprint density at radius 3 is 1.07 bits per heavy atom. The van der Waals surface area contributed by atoms with Crippen molar-refractivity contribution in [1.82, 2.24) is 0 Å². The summed E-state index contributed by atoms with van der Waals surface area (Å²) in [5, 5.41) is 61.2. The predicted octanol–water partition coefficient (Wildman–Crippen LogP) is 19.9. The summed E-state index contributed by atoms with van der Waals surface area (Å²) in [6.45, 7) is 47.0. The maximum Gasteiger partial charge on any atom is 0.344 e. The molecule has 4 N–H and O–H groups in total. The number of nitriles is 2. The molecule has 0 aromatic rings. The molecule has 30 nitrogen and oxygen atoms in total. The lowest BCUT2D eigenvalue weighted by Crippen LogP contribution is -2.67. The van der Waals surface area contributed by atoms with Crippen LogP contribution in [0.5, 0.6) is 0 Å². The third kappa shape index (κ3) is 23.4. The van der Waals surface area contributed by atoms with Crippen LogP contribution < -0.4 is 0 Å². The molecule has 0 radical (unpaired) electrons. The molecule has 21 aliphatic carbocycles. The second kappa shape index (κ2) is 42.8. The van der Waals surface area contributed by atoms with Gasteiger partial charge in [-0.15, -0.1) is 0 Å². The van der Waals surface area contributed by atoms with Crippen LogP contribution in [-0.4, -0.2) is 187 Å². The molecule has 0 aromatic carbocycles. The molecule has 0 amide bonds. The molecule has 842 valence electrons. The van der Waals surface area contributed by atoms with E-state index < -0.39 is 124 Å². The van der Waals surface area contributed by atoms with Crippen LogP contribution in [0, 0.1) is 172 Å². The van der Waals surface area contributed by atoms with Crippen molar-refractivity contribution >= 4 is 71.6 Å². The number of fused-ring (bicyclic) bond motifs is 11. The largest absolute Gasteiger partial charge is 0.458 e. The van der Waals surface area contributed by atoms with Gasteiger partial charge >= 0.3 is 71.6 Å². The third-order valence-electron chi connectivity index (χ3n) is 42.4. The number of ether oxygens (including phenoxy) is 12. The Labute approximate surface area is 891 Å².